The largest absolute Gasteiger partial charge is 0.507 e. The molecule has 5 rings (SSSR count). The van der Waals surface area contributed by atoms with E-state index in [2.05, 4.69) is 11.8 Å². The molecule has 2 aromatic carbocycles. The number of rotatable bonds is 2. The highest BCUT2D eigenvalue weighted by Gasteiger charge is 2.73. The highest BCUT2D eigenvalue weighted by molar-refractivity contribution is 6.32. The van der Waals surface area contributed by atoms with Crippen molar-refractivity contribution in [2.45, 2.75) is 30.6 Å². The van der Waals surface area contributed by atoms with Gasteiger partial charge in [0.1, 0.15) is 5.75 Å². The molecular weight excluding hydrogens is 516 g/mol. The number of hydrogen-bond acceptors (Lipinski definition) is 9. The Labute approximate surface area is 229 Å². The fraction of sp³-hybridized carbons (Fsp3) is 0.367. The van der Waals surface area contributed by atoms with Gasteiger partial charge in [0, 0.05) is 17.0 Å². The van der Waals surface area contributed by atoms with Gasteiger partial charge in [-0.25, -0.2) is 0 Å². The van der Waals surface area contributed by atoms with E-state index in [0.717, 1.165) is 0 Å². The van der Waals surface area contributed by atoms with Crippen molar-refractivity contribution in [1.82, 2.24) is 4.90 Å². The molecule has 0 aromatic heterocycles. The van der Waals surface area contributed by atoms with Crippen LogP contribution < -0.4 is 5.73 Å². The fourth-order valence-electron chi connectivity index (χ4n) is 6.84. The summed E-state index contributed by atoms with van der Waals surface area (Å²) in [6.45, 7) is 1.65. The zero-order valence-corrected chi connectivity index (χ0v) is 22.0. The molecule has 1 amide bonds. The van der Waals surface area contributed by atoms with E-state index >= 15 is 0 Å². The van der Waals surface area contributed by atoms with Gasteiger partial charge in [-0.1, -0.05) is 37.0 Å². The minimum Gasteiger partial charge on any atom is -0.507 e. The van der Waals surface area contributed by atoms with E-state index in [0.29, 0.717) is 16.7 Å². The van der Waals surface area contributed by atoms with E-state index < -0.39 is 82.1 Å². The molecule has 3 aliphatic rings. The molecule has 2 fully saturated rings. The number of carbonyl (C=O) groups excluding carboxylic acids is 5. The van der Waals surface area contributed by atoms with E-state index in [1.165, 1.54) is 31.1 Å². The zero-order valence-electron chi connectivity index (χ0n) is 22.0. The molecular formula is C30H28N2O8. The molecule has 0 heterocycles. The lowest BCUT2D eigenvalue weighted by Crippen LogP contribution is -2.77. The molecule has 206 valence electrons. The Morgan fingerprint density at radius 1 is 1.00 bits per heavy atom. The number of aliphatic hydroxyl groups excluding tert-OH is 1. The number of ketones is 4. The van der Waals surface area contributed by atoms with Crippen molar-refractivity contribution < 1.29 is 39.3 Å². The van der Waals surface area contributed by atoms with Crippen molar-refractivity contribution in [1.29, 1.82) is 0 Å². The molecule has 0 spiro atoms. The van der Waals surface area contributed by atoms with Crippen LogP contribution >= 0.6 is 0 Å². The summed E-state index contributed by atoms with van der Waals surface area (Å²) in [5.74, 6) is -7.70. The molecule has 3 aliphatic carbocycles. The number of nitrogens with zero attached hydrogens (tertiary/aromatic N) is 1. The number of carbonyl (C=O) groups is 5. The third kappa shape index (κ3) is 3.66. The third-order valence-corrected chi connectivity index (χ3v) is 8.58. The second-order valence-electron chi connectivity index (χ2n) is 10.9. The number of nitrogens with two attached hydrogens (primary N) is 1. The number of hydrogen-bond donors (Lipinski definition) is 4. The summed E-state index contributed by atoms with van der Waals surface area (Å²) in [5.41, 5.74) is 3.52. The second-order valence-corrected chi connectivity index (χ2v) is 10.9. The van der Waals surface area contributed by atoms with Crippen LogP contribution in [0.25, 0.3) is 0 Å². The maximum absolute atomic E-state index is 14.0. The number of primary amides is 1. The van der Waals surface area contributed by atoms with E-state index in [9.17, 15) is 39.3 Å². The van der Waals surface area contributed by atoms with Crippen LogP contribution in [-0.2, 0) is 19.2 Å². The maximum Gasteiger partial charge on any atom is 0.235 e. The predicted molar refractivity (Wildman–Crippen MR) is 140 cm³/mol. The van der Waals surface area contributed by atoms with Crippen molar-refractivity contribution in [3.8, 4) is 17.6 Å². The van der Waals surface area contributed by atoms with Gasteiger partial charge in [-0.3, -0.25) is 28.9 Å². The Kier molecular flexibility index (Phi) is 6.50. The number of aliphatic hydroxyl groups is 2. The molecule has 2 unspecified atom stereocenters. The summed E-state index contributed by atoms with van der Waals surface area (Å²) >= 11 is 0. The quantitative estimate of drug-likeness (QED) is 0.295. The monoisotopic (exact) mass is 544 g/mol. The Morgan fingerprint density at radius 2 is 1.65 bits per heavy atom. The van der Waals surface area contributed by atoms with Gasteiger partial charge >= 0.3 is 0 Å². The van der Waals surface area contributed by atoms with E-state index in [-0.39, 0.29) is 5.56 Å². The summed E-state index contributed by atoms with van der Waals surface area (Å²) in [6.07, 6.45) is -1.70. The van der Waals surface area contributed by atoms with E-state index in [4.69, 9.17) is 5.73 Å². The second kappa shape index (κ2) is 9.48. The maximum atomic E-state index is 14.0. The van der Waals surface area contributed by atoms with Crippen molar-refractivity contribution in [2.24, 2.45) is 29.4 Å². The highest BCUT2D eigenvalue weighted by Crippen LogP contribution is 2.54. The third-order valence-electron chi connectivity index (χ3n) is 8.58. The Balaban J connectivity index is 1.70. The first-order valence-corrected chi connectivity index (χ1v) is 12.8. The minimum atomic E-state index is -3.03. The standard InChI is InChI=1S/C30H28N2O8/c1-13-17-15(10-9-14-7-5-4-6-8-14)11-12-16(33)19(17)24(34)20-18(13)25(35)22-23(32(2)3)26(36)21(29(31)39)28(38)30(22,40)27(20)37/h4-8,11-13,18,20-23,25,33,35,40H,1-3H3,(H2,31,39)/t13-,18+,20?,21?,22+,23-,25-,30-/m1/s1. The van der Waals surface area contributed by atoms with Gasteiger partial charge in [0.05, 0.1) is 29.5 Å². The summed E-state index contributed by atoms with van der Waals surface area (Å²) in [6, 6.07) is 10.4. The first kappa shape index (κ1) is 27.4. The number of likely N-dealkylation sites (N-methyl/N-ethyl adjacent to an activating group) is 1. The lowest BCUT2D eigenvalue weighted by Gasteiger charge is -2.56. The molecule has 8 atom stereocenters. The average Bonchev–Trinajstić information content (AvgIpc) is 2.90. The topological polar surface area (TPSA) is 175 Å². The van der Waals surface area contributed by atoms with Gasteiger partial charge in [-0.2, -0.15) is 0 Å². The number of fused-ring (bicyclic) bond motifs is 3. The lowest BCUT2D eigenvalue weighted by molar-refractivity contribution is -0.196. The predicted octanol–water partition coefficient (Wildman–Crippen LogP) is -0.201. The molecule has 2 saturated carbocycles. The fourth-order valence-corrected chi connectivity index (χ4v) is 6.84. The van der Waals surface area contributed by atoms with E-state index in [1.54, 1.807) is 19.1 Å². The van der Waals surface area contributed by atoms with Crippen LogP contribution in [0.2, 0.25) is 0 Å². The number of benzene rings is 2. The highest BCUT2D eigenvalue weighted by atomic mass is 16.3. The number of phenols is 1. The first-order valence-electron chi connectivity index (χ1n) is 12.8. The van der Waals surface area contributed by atoms with Crippen LogP contribution in [0, 0.1) is 35.5 Å². The Hall–Kier alpha value is -4.17. The summed E-state index contributed by atoms with van der Waals surface area (Å²) in [5, 5.41) is 34.2. The number of phenolic OH excluding ortho intramolecular Hbond substituents is 1. The van der Waals surface area contributed by atoms with E-state index in [1.807, 2.05) is 18.2 Å². The Morgan fingerprint density at radius 3 is 2.25 bits per heavy atom. The van der Waals surface area contributed by atoms with Crippen LogP contribution in [0.15, 0.2) is 42.5 Å². The van der Waals surface area contributed by atoms with Crippen molar-refractivity contribution >= 4 is 29.0 Å². The summed E-state index contributed by atoms with van der Waals surface area (Å²) in [7, 11) is 2.89. The van der Waals surface area contributed by atoms with Gasteiger partial charge in [-0.05, 0) is 49.8 Å². The van der Waals surface area contributed by atoms with Gasteiger partial charge in [0.15, 0.2) is 34.7 Å². The van der Waals surface area contributed by atoms with Gasteiger partial charge in [0.2, 0.25) is 5.91 Å². The van der Waals surface area contributed by atoms with Gasteiger partial charge in [0.25, 0.3) is 0 Å². The molecule has 5 N–H and O–H groups in total. The van der Waals surface area contributed by atoms with Gasteiger partial charge < -0.3 is 21.1 Å². The molecule has 0 radical (unpaired) electrons. The number of Topliss-reactive ketones (excluding diaryl/α,β-unsaturated/α-hetero) is 4. The van der Waals surface area contributed by atoms with Crippen molar-refractivity contribution in [3.63, 3.8) is 0 Å². The Bertz CT molecular complexity index is 1540. The van der Waals surface area contributed by atoms with Gasteiger partial charge in [-0.15, -0.1) is 0 Å². The molecule has 0 aliphatic heterocycles. The van der Waals surface area contributed by atoms with Crippen molar-refractivity contribution in [3.05, 3.63) is 64.7 Å². The molecule has 40 heavy (non-hydrogen) atoms. The van der Waals surface area contributed by atoms with Crippen LogP contribution in [0.3, 0.4) is 0 Å². The smallest absolute Gasteiger partial charge is 0.235 e. The van der Waals surface area contributed by atoms with Crippen LogP contribution in [-0.4, -0.2) is 81.1 Å². The zero-order chi connectivity index (χ0) is 29.3. The molecule has 2 aromatic rings. The summed E-state index contributed by atoms with van der Waals surface area (Å²) < 4.78 is 0. The summed E-state index contributed by atoms with van der Waals surface area (Å²) in [4.78, 5) is 68.0. The van der Waals surface area contributed by atoms with Crippen LogP contribution in [0.4, 0.5) is 0 Å². The van der Waals surface area contributed by atoms with Crippen molar-refractivity contribution in [2.75, 3.05) is 14.1 Å². The first-order chi connectivity index (χ1) is 18.8. The molecule has 10 heteroatoms. The molecule has 10 nitrogen and oxygen atoms in total. The normalized spacial score (nSPS) is 33.0. The average molecular weight is 545 g/mol. The van der Waals surface area contributed by atoms with Crippen LogP contribution in [0.1, 0.15) is 39.9 Å². The SMILES string of the molecule is C[C@@H]1c2c(C#Cc3ccccc3)ccc(O)c2C(=O)C2C(=O)[C@@]3(O)C(=O)C(C(N)=O)C(=O)[C@H](N(C)C)[C@H]3[C@H](O)[C@H]21. The number of aromatic hydroxyl groups is 1. The lowest BCUT2D eigenvalue weighted by atomic mass is 9.49. The minimum absolute atomic E-state index is 0.189. The molecule has 0 bridgehead atoms. The van der Waals surface area contributed by atoms with Crippen LogP contribution in [0.5, 0.6) is 5.75 Å². The number of amides is 1. The molecule has 0 saturated heterocycles.